The van der Waals surface area contributed by atoms with E-state index >= 15 is 0 Å². The van der Waals surface area contributed by atoms with E-state index in [2.05, 4.69) is 20.8 Å². The Morgan fingerprint density at radius 1 is 1.36 bits per heavy atom. The normalized spacial score (nSPS) is 20.0. The minimum atomic E-state index is -0.502. The lowest BCUT2D eigenvalue weighted by molar-refractivity contribution is -0.137. The molecule has 1 saturated heterocycles. The summed E-state index contributed by atoms with van der Waals surface area (Å²) in [6, 6.07) is 7.93. The first-order valence-electron chi connectivity index (χ1n) is 7.98. The molecule has 1 N–H and O–H groups in total. The van der Waals surface area contributed by atoms with Crippen molar-refractivity contribution in [2.24, 2.45) is 5.92 Å². The predicted octanol–water partition coefficient (Wildman–Crippen LogP) is 2.59. The van der Waals surface area contributed by atoms with Crippen molar-refractivity contribution < 1.29 is 14.6 Å². The molecule has 1 heterocycles. The van der Waals surface area contributed by atoms with E-state index < -0.39 is 6.10 Å². The Kier molecular flexibility index (Phi) is 5.12. The highest BCUT2D eigenvalue weighted by atomic mass is 16.5. The maximum absolute atomic E-state index is 12.4. The molecule has 0 aliphatic carbocycles. The van der Waals surface area contributed by atoms with Crippen LogP contribution in [0, 0.1) is 5.92 Å². The Morgan fingerprint density at radius 2 is 2.00 bits per heavy atom. The third kappa shape index (κ3) is 4.01. The molecule has 1 fully saturated rings. The number of aliphatic hydroxyl groups is 1. The van der Waals surface area contributed by atoms with Gasteiger partial charge in [0.15, 0.2) is 6.10 Å². The van der Waals surface area contributed by atoms with Crippen molar-refractivity contribution in [2.45, 2.75) is 45.6 Å². The Hall–Kier alpha value is -1.55. The summed E-state index contributed by atoms with van der Waals surface area (Å²) in [6.45, 7) is 9.77. The van der Waals surface area contributed by atoms with Crippen LogP contribution in [-0.4, -0.2) is 41.7 Å². The molecule has 1 amide bonds. The largest absolute Gasteiger partial charge is 0.481 e. The van der Waals surface area contributed by atoms with Gasteiger partial charge in [-0.05, 0) is 36.5 Å². The zero-order valence-electron chi connectivity index (χ0n) is 14.0. The minimum absolute atomic E-state index is 0.00384. The topological polar surface area (TPSA) is 49.8 Å². The maximum Gasteiger partial charge on any atom is 0.263 e. The number of carbonyl (C=O) groups is 1. The fourth-order valence-electron chi connectivity index (χ4n) is 2.73. The number of hydrogen-bond acceptors (Lipinski definition) is 3. The van der Waals surface area contributed by atoms with Gasteiger partial charge in [0.05, 0.1) is 0 Å². The van der Waals surface area contributed by atoms with Crippen LogP contribution >= 0.6 is 0 Å². The summed E-state index contributed by atoms with van der Waals surface area (Å²) in [6.07, 6.45) is 0.368. The number of likely N-dealkylation sites (tertiary alicyclic amines) is 1. The van der Waals surface area contributed by atoms with Gasteiger partial charge < -0.3 is 14.7 Å². The van der Waals surface area contributed by atoms with Crippen LogP contribution in [0.2, 0.25) is 0 Å². The third-order valence-electron chi connectivity index (χ3n) is 4.24. The fraction of sp³-hybridized carbons (Fsp3) is 0.611. The molecule has 2 unspecified atom stereocenters. The van der Waals surface area contributed by atoms with E-state index in [1.165, 1.54) is 5.56 Å². The molecule has 1 aromatic carbocycles. The van der Waals surface area contributed by atoms with Gasteiger partial charge in [-0.25, -0.2) is 0 Å². The molecule has 0 saturated carbocycles. The quantitative estimate of drug-likeness (QED) is 0.930. The first-order chi connectivity index (χ1) is 10.3. The van der Waals surface area contributed by atoms with Crippen molar-refractivity contribution >= 4 is 5.91 Å². The fourth-order valence-corrected chi connectivity index (χ4v) is 2.73. The van der Waals surface area contributed by atoms with Gasteiger partial charge in [-0.2, -0.15) is 0 Å². The molecule has 1 aliphatic rings. The van der Waals surface area contributed by atoms with Gasteiger partial charge in [0.1, 0.15) is 5.75 Å². The molecule has 122 valence electrons. The maximum atomic E-state index is 12.4. The summed E-state index contributed by atoms with van der Waals surface area (Å²) < 4.78 is 5.77. The van der Waals surface area contributed by atoms with Gasteiger partial charge in [-0.3, -0.25) is 4.79 Å². The van der Waals surface area contributed by atoms with Crippen LogP contribution in [0.15, 0.2) is 24.3 Å². The Balaban J connectivity index is 1.94. The van der Waals surface area contributed by atoms with E-state index in [1.807, 2.05) is 24.3 Å². The number of carbonyl (C=O) groups excluding carboxylic acids is 1. The average molecular weight is 305 g/mol. The summed E-state index contributed by atoms with van der Waals surface area (Å²) in [4.78, 5) is 14.1. The molecule has 0 spiro atoms. The number of ether oxygens (including phenoxy) is 1. The Labute approximate surface area is 133 Å². The summed E-state index contributed by atoms with van der Waals surface area (Å²) in [7, 11) is 0. The van der Waals surface area contributed by atoms with E-state index in [1.54, 1.807) is 11.8 Å². The highest BCUT2D eigenvalue weighted by molar-refractivity contribution is 5.81. The number of nitrogens with zero attached hydrogens (tertiary/aromatic N) is 1. The smallest absolute Gasteiger partial charge is 0.263 e. The molecule has 0 radical (unpaired) electrons. The van der Waals surface area contributed by atoms with Crippen molar-refractivity contribution in [2.75, 3.05) is 19.7 Å². The van der Waals surface area contributed by atoms with Crippen LogP contribution in [0.4, 0.5) is 0 Å². The van der Waals surface area contributed by atoms with Gasteiger partial charge in [-0.1, -0.05) is 32.9 Å². The first kappa shape index (κ1) is 16.8. The van der Waals surface area contributed by atoms with Crippen LogP contribution in [0.3, 0.4) is 0 Å². The van der Waals surface area contributed by atoms with Gasteiger partial charge >= 0.3 is 0 Å². The summed E-state index contributed by atoms with van der Waals surface area (Å²) in [5.74, 6) is 0.921. The zero-order chi connectivity index (χ0) is 16.3. The van der Waals surface area contributed by atoms with Gasteiger partial charge in [0, 0.05) is 25.6 Å². The van der Waals surface area contributed by atoms with E-state index in [0.717, 1.165) is 6.42 Å². The number of benzene rings is 1. The van der Waals surface area contributed by atoms with E-state index in [0.29, 0.717) is 18.8 Å². The highest BCUT2D eigenvalue weighted by Crippen LogP contribution is 2.25. The number of amides is 1. The number of rotatable bonds is 4. The molecule has 2 rings (SSSR count). The van der Waals surface area contributed by atoms with E-state index in [4.69, 9.17) is 9.84 Å². The summed E-state index contributed by atoms with van der Waals surface area (Å²) in [5.41, 5.74) is 1.35. The average Bonchev–Trinajstić information content (AvgIpc) is 2.95. The monoisotopic (exact) mass is 305 g/mol. The zero-order valence-corrected chi connectivity index (χ0v) is 14.0. The summed E-state index contributed by atoms with van der Waals surface area (Å²) >= 11 is 0. The third-order valence-corrected chi connectivity index (χ3v) is 4.24. The second kappa shape index (κ2) is 6.69. The Bertz CT molecular complexity index is 504. The van der Waals surface area contributed by atoms with Crippen LogP contribution < -0.4 is 4.74 Å². The SMILES string of the molecule is CC(Oc1ccc(C(C)(C)C)cc1)C(=O)N1CCC(CO)C1. The Morgan fingerprint density at radius 3 is 2.50 bits per heavy atom. The predicted molar refractivity (Wildman–Crippen MR) is 87.0 cm³/mol. The van der Waals surface area contributed by atoms with Gasteiger partial charge in [0.2, 0.25) is 0 Å². The van der Waals surface area contributed by atoms with Crippen molar-refractivity contribution in [1.82, 2.24) is 4.90 Å². The van der Waals surface area contributed by atoms with E-state index in [-0.39, 0.29) is 23.8 Å². The standard InChI is InChI=1S/C18H27NO3/c1-13(17(21)19-10-9-14(11-19)12-20)22-16-7-5-15(6-8-16)18(2,3)4/h5-8,13-14,20H,9-12H2,1-4H3. The molecular formula is C18H27NO3. The van der Waals surface area contributed by atoms with Crippen molar-refractivity contribution in [3.63, 3.8) is 0 Å². The lowest BCUT2D eigenvalue weighted by Crippen LogP contribution is -2.39. The molecule has 4 nitrogen and oxygen atoms in total. The molecular weight excluding hydrogens is 278 g/mol. The first-order valence-corrected chi connectivity index (χ1v) is 7.98. The van der Waals surface area contributed by atoms with Crippen LogP contribution in [0.25, 0.3) is 0 Å². The van der Waals surface area contributed by atoms with Crippen molar-refractivity contribution in [3.8, 4) is 5.75 Å². The van der Waals surface area contributed by atoms with Crippen molar-refractivity contribution in [1.29, 1.82) is 0 Å². The molecule has 0 aromatic heterocycles. The second-order valence-electron chi connectivity index (χ2n) is 7.16. The second-order valence-corrected chi connectivity index (χ2v) is 7.16. The van der Waals surface area contributed by atoms with Crippen LogP contribution in [0.1, 0.15) is 39.7 Å². The van der Waals surface area contributed by atoms with Crippen LogP contribution in [0.5, 0.6) is 5.75 Å². The number of aliphatic hydroxyl groups excluding tert-OH is 1. The molecule has 2 atom stereocenters. The highest BCUT2D eigenvalue weighted by Gasteiger charge is 2.29. The lowest BCUT2D eigenvalue weighted by Gasteiger charge is -2.23. The minimum Gasteiger partial charge on any atom is -0.481 e. The molecule has 0 bridgehead atoms. The van der Waals surface area contributed by atoms with E-state index in [9.17, 15) is 4.79 Å². The van der Waals surface area contributed by atoms with Gasteiger partial charge in [0.25, 0.3) is 5.91 Å². The molecule has 4 heteroatoms. The summed E-state index contributed by atoms with van der Waals surface area (Å²) in [5, 5.41) is 9.16. The molecule has 1 aromatic rings. The molecule has 22 heavy (non-hydrogen) atoms. The molecule has 1 aliphatic heterocycles. The number of hydrogen-bond donors (Lipinski definition) is 1. The van der Waals surface area contributed by atoms with Gasteiger partial charge in [-0.15, -0.1) is 0 Å². The van der Waals surface area contributed by atoms with Crippen LogP contribution in [-0.2, 0) is 10.2 Å². The lowest BCUT2D eigenvalue weighted by atomic mass is 9.87. The van der Waals surface area contributed by atoms with Crippen molar-refractivity contribution in [3.05, 3.63) is 29.8 Å².